The summed E-state index contributed by atoms with van der Waals surface area (Å²) in [7, 11) is 0. The van der Waals surface area contributed by atoms with Gasteiger partial charge >= 0.3 is 6.03 Å². The van der Waals surface area contributed by atoms with Gasteiger partial charge in [-0.15, -0.1) is 0 Å². The molecule has 2 heterocycles. The van der Waals surface area contributed by atoms with Crippen molar-refractivity contribution in [2.24, 2.45) is 0 Å². The number of nitrogens with one attached hydrogen (secondary N) is 1. The molecule has 2 aliphatic rings. The highest BCUT2D eigenvalue weighted by Crippen LogP contribution is 2.29. The molecule has 0 radical (unpaired) electrons. The molecular formula is C19H24ClN3O3. The van der Waals surface area contributed by atoms with Crippen LogP contribution in [0.25, 0.3) is 0 Å². The van der Waals surface area contributed by atoms with Gasteiger partial charge in [-0.05, 0) is 37.5 Å². The second kappa shape index (κ2) is 7.66. The van der Waals surface area contributed by atoms with Crippen LogP contribution >= 0.6 is 11.6 Å². The summed E-state index contributed by atoms with van der Waals surface area (Å²) in [5, 5.41) is 3.27. The van der Waals surface area contributed by atoms with Crippen molar-refractivity contribution < 1.29 is 14.4 Å². The lowest BCUT2D eigenvalue weighted by Gasteiger charge is -2.27. The van der Waals surface area contributed by atoms with Gasteiger partial charge in [0.05, 0.1) is 0 Å². The second-order valence-electron chi connectivity index (χ2n) is 7.10. The first-order valence-corrected chi connectivity index (χ1v) is 9.47. The summed E-state index contributed by atoms with van der Waals surface area (Å²) < 4.78 is 0. The number of hydrogen-bond acceptors (Lipinski definition) is 3. The zero-order valence-corrected chi connectivity index (χ0v) is 15.7. The van der Waals surface area contributed by atoms with E-state index in [1.165, 1.54) is 6.42 Å². The molecule has 3 rings (SSSR count). The van der Waals surface area contributed by atoms with Gasteiger partial charge in [-0.2, -0.15) is 0 Å². The van der Waals surface area contributed by atoms with Crippen molar-refractivity contribution in [2.45, 2.75) is 44.6 Å². The average molecular weight is 378 g/mol. The lowest BCUT2D eigenvalue weighted by molar-refractivity contribution is -0.139. The molecule has 4 amide bonds. The summed E-state index contributed by atoms with van der Waals surface area (Å²) in [4.78, 5) is 40.7. The van der Waals surface area contributed by atoms with Crippen LogP contribution in [0.5, 0.6) is 0 Å². The lowest BCUT2D eigenvalue weighted by atomic mass is 9.92. The van der Waals surface area contributed by atoms with Crippen LogP contribution in [0.1, 0.15) is 44.6 Å². The Morgan fingerprint density at radius 2 is 1.65 bits per heavy atom. The van der Waals surface area contributed by atoms with Crippen LogP contribution in [-0.4, -0.2) is 47.3 Å². The molecule has 140 valence electrons. The van der Waals surface area contributed by atoms with E-state index in [2.05, 4.69) is 5.32 Å². The summed E-state index contributed by atoms with van der Waals surface area (Å²) in [6.45, 7) is 2.82. The molecular weight excluding hydrogens is 354 g/mol. The zero-order valence-electron chi connectivity index (χ0n) is 15.0. The minimum Gasteiger partial charge on any atom is -0.341 e. The smallest absolute Gasteiger partial charge is 0.325 e. The topological polar surface area (TPSA) is 69.7 Å². The summed E-state index contributed by atoms with van der Waals surface area (Å²) in [6.07, 6.45) is 5.36. The zero-order chi connectivity index (χ0) is 18.7. The Balaban J connectivity index is 1.72. The van der Waals surface area contributed by atoms with E-state index in [9.17, 15) is 14.4 Å². The van der Waals surface area contributed by atoms with Crippen molar-refractivity contribution in [1.29, 1.82) is 0 Å². The van der Waals surface area contributed by atoms with E-state index in [0.29, 0.717) is 23.7 Å². The van der Waals surface area contributed by atoms with Crippen LogP contribution in [0.4, 0.5) is 4.79 Å². The van der Waals surface area contributed by atoms with Crippen molar-refractivity contribution in [1.82, 2.24) is 15.1 Å². The monoisotopic (exact) mass is 377 g/mol. The molecule has 1 aromatic rings. The van der Waals surface area contributed by atoms with Crippen LogP contribution in [0, 0.1) is 0 Å². The maximum absolute atomic E-state index is 12.9. The molecule has 2 saturated heterocycles. The highest BCUT2D eigenvalue weighted by Gasteiger charge is 2.49. The molecule has 6 nitrogen and oxygen atoms in total. The number of carbonyl (C=O) groups is 3. The number of imide groups is 1. The summed E-state index contributed by atoms with van der Waals surface area (Å²) in [5.74, 6) is -0.582. The first kappa shape index (κ1) is 18.7. The van der Waals surface area contributed by atoms with Crippen LogP contribution in [0.2, 0.25) is 5.02 Å². The Labute approximate surface area is 158 Å². The van der Waals surface area contributed by atoms with Gasteiger partial charge in [-0.3, -0.25) is 14.5 Å². The fraction of sp³-hybridized carbons (Fsp3) is 0.526. The maximum Gasteiger partial charge on any atom is 0.325 e. The van der Waals surface area contributed by atoms with E-state index in [1.54, 1.807) is 36.1 Å². The Kier molecular flexibility index (Phi) is 5.51. The fourth-order valence-corrected chi connectivity index (χ4v) is 3.68. The van der Waals surface area contributed by atoms with E-state index in [-0.39, 0.29) is 12.5 Å². The number of benzene rings is 1. The molecule has 0 bridgehead atoms. The quantitative estimate of drug-likeness (QED) is 0.823. The van der Waals surface area contributed by atoms with E-state index >= 15 is 0 Å². The van der Waals surface area contributed by atoms with Gasteiger partial charge < -0.3 is 10.2 Å². The number of carbonyl (C=O) groups excluding carboxylic acids is 3. The highest BCUT2D eigenvalue weighted by atomic mass is 35.5. The third kappa shape index (κ3) is 3.70. The molecule has 1 unspecified atom stereocenters. The molecule has 1 N–H and O–H groups in total. The number of hydrogen-bond donors (Lipinski definition) is 1. The number of amides is 4. The molecule has 1 aromatic carbocycles. The van der Waals surface area contributed by atoms with Crippen molar-refractivity contribution >= 4 is 29.4 Å². The number of rotatable bonds is 3. The fourth-order valence-electron chi connectivity index (χ4n) is 3.55. The van der Waals surface area contributed by atoms with E-state index in [1.807, 2.05) is 0 Å². The van der Waals surface area contributed by atoms with Gasteiger partial charge in [0.25, 0.3) is 5.91 Å². The Morgan fingerprint density at radius 1 is 1.08 bits per heavy atom. The maximum atomic E-state index is 12.9. The Bertz CT molecular complexity index is 698. The number of likely N-dealkylation sites (tertiary alicyclic amines) is 1. The highest BCUT2D eigenvalue weighted by molar-refractivity contribution is 6.30. The van der Waals surface area contributed by atoms with Crippen LogP contribution in [0.15, 0.2) is 24.3 Å². The minimum atomic E-state index is -1.18. The molecule has 2 fully saturated rings. The van der Waals surface area contributed by atoms with E-state index in [0.717, 1.165) is 30.6 Å². The minimum absolute atomic E-state index is 0.171. The van der Waals surface area contributed by atoms with Crippen LogP contribution < -0.4 is 5.32 Å². The molecule has 2 aliphatic heterocycles. The third-order valence-corrected chi connectivity index (χ3v) is 5.45. The molecule has 26 heavy (non-hydrogen) atoms. The van der Waals surface area contributed by atoms with Gasteiger partial charge in [-0.25, -0.2) is 4.79 Å². The lowest BCUT2D eigenvalue weighted by Crippen LogP contribution is -2.45. The molecule has 0 saturated carbocycles. The number of nitrogens with zero attached hydrogens (tertiary/aromatic N) is 2. The van der Waals surface area contributed by atoms with Crippen molar-refractivity contribution in [3.8, 4) is 0 Å². The standard InChI is InChI=1S/C19H24ClN3O3/c1-19(14-7-9-15(20)10-8-14)17(25)23(18(26)21-19)13-16(24)22-11-5-3-2-4-6-12-22/h7-10H,2-6,11-13H2,1H3,(H,21,26). The van der Waals surface area contributed by atoms with Crippen molar-refractivity contribution in [3.63, 3.8) is 0 Å². The van der Waals surface area contributed by atoms with Gasteiger partial charge in [-0.1, -0.05) is 43.0 Å². The first-order valence-electron chi connectivity index (χ1n) is 9.10. The average Bonchev–Trinajstić information content (AvgIpc) is 2.79. The molecule has 7 heteroatoms. The molecule has 0 spiro atoms. The predicted octanol–water partition coefficient (Wildman–Crippen LogP) is 2.90. The van der Waals surface area contributed by atoms with E-state index < -0.39 is 17.5 Å². The van der Waals surface area contributed by atoms with Crippen molar-refractivity contribution in [3.05, 3.63) is 34.9 Å². The summed E-state index contributed by atoms with van der Waals surface area (Å²) in [5.41, 5.74) is -0.542. The Hall–Kier alpha value is -2.08. The van der Waals surface area contributed by atoms with Crippen LogP contribution in [-0.2, 0) is 15.1 Å². The summed E-state index contributed by atoms with van der Waals surface area (Å²) >= 11 is 5.90. The van der Waals surface area contributed by atoms with E-state index in [4.69, 9.17) is 11.6 Å². The second-order valence-corrected chi connectivity index (χ2v) is 7.54. The largest absolute Gasteiger partial charge is 0.341 e. The third-order valence-electron chi connectivity index (χ3n) is 5.20. The first-order chi connectivity index (χ1) is 12.4. The predicted molar refractivity (Wildman–Crippen MR) is 98.7 cm³/mol. The molecule has 1 atom stereocenters. The molecule has 0 aliphatic carbocycles. The SMILES string of the molecule is CC1(c2ccc(Cl)cc2)NC(=O)N(CC(=O)N2CCCCCCC2)C1=O. The van der Waals surface area contributed by atoms with Crippen LogP contribution in [0.3, 0.4) is 0 Å². The van der Waals surface area contributed by atoms with Gasteiger partial charge in [0.2, 0.25) is 5.91 Å². The van der Waals surface area contributed by atoms with Gasteiger partial charge in [0.1, 0.15) is 12.1 Å². The normalized spacial score (nSPS) is 24.2. The number of urea groups is 1. The van der Waals surface area contributed by atoms with Gasteiger partial charge in [0, 0.05) is 18.1 Å². The Morgan fingerprint density at radius 3 is 2.27 bits per heavy atom. The molecule has 0 aromatic heterocycles. The summed E-state index contributed by atoms with van der Waals surface area (Å²) in [6, 6.07) is 6.24. The van der Waals surface area contributed by atoms with Crippen molar-refractivity contribution in [2.75, 3.05) is 19.6 Å². The van der Waals surface area contributed by atoms with Gasteiger partial charge in [0.15, 0.2) is 0 Å². The number of halogens is 1.